The van der Waals surface area contributed by atoms with Crippen molar-refractivity contribution in [3.8, 4) is 0 Å². The predicted octanol–water partition coefficient (Wildman–Crippen LogP) is 1.40. The van der Waals surface area contributed by atoms with Crippen molar-refractivity contribution in [3.05, 3.63) is 28.2 Å². The number of aryl methyl sites for hydroxylation is 1. The molecule has 1 fully saturated rings. The van der Waals surface area contributed by atoms with E-state index in [1.54, 1.807) is 4.90 Å². The zero-order valence-corrected chi connectivity index (χ0v) is 12.9. The smallest absolute Gasteiger partial charge is 0.227 e. The van der Waals surface area contributed by atoms with Gasteiger partial charge in [0.25, 0.3) is 0 Å². The molecule has 19 heavy (non-hydrogen) atoms. The van der Waals surface area contributed by atoms with Crippen LogP contribution in [0.4, 0.5) is 5.69 Å². The summed E-state index contributed by atoms with van der Waals surface area (Å²) in [4.78, 5) is 13.6. The van der Waals surface area contributed by atoms with Crippen LogP contribution in [0.1, 0.15) is 12.0 Å². The van der Waals surface area contributed by atoms with E-state index in [9.17, 15) is 13.2 Å². The van der Waals surface area contributed by atoms with Gasteiger partial charge >= 0.3 is 0 Å². The number of primary sulfonamides is 1. The van der Waals surface area contributed by atoms with Crippen LogP contribution in [-0.2, 0) is 14.8 Å². The lowest BCUT2D eigenvalue weighted by Crippen LogP contribution is -2.27. The molecule has 2 rings (SSSR count). The molecule has 1 aliphatic heterocycles. The molecule has 1 heterocycles. The third kappa shape index (κ3) is 3.55. The first-order chi connectivity index (χ1) is 8.76. The molecule has 1 aromatic rings. The lowest BCUT2D eigenvalue weighted by atomic mass is 10.1. The van der Waals surface area contributed by atoms with Gasteiger partial charge in [0.05, 0.1) is 11.4 Å². The highest BCUT2D eigenvalue weighted by atomic mass is 79.9. The van der Waals surface area contributed by atoms with Crippen molar-refractivity contribution < 1.29 is 13.2 Å². The second kappa shape index (κ2) is 5.22. The lowest BCUT2D eigenvalue weighted by Gasteiger charge is -2.19. The molecule has 1 atom stereocenters. The van der Waals surface area contributed by atoms with Gasteiger partial charge in [-0.1, -0.05) is 6.07 Å². The van der Waals surface area contributed by atoms with E-state index in [2.05, 4.69) is 15.9 Å². The Hall–Kier alpha value is -0.920. The van der Waals surface area contributed by atoms with Crippen molar-refractivity contribution in [1.82, 2.24) is 0 Å². The third-order valence-electron chi connectivity index (χ3n) is 3.07. The number of benzene rings is 1. The minimum absolute atomic E-state index is 0.0695. The van der Waals surface area contributed by atoms with Crippen molar-refractivity contribution in [2.45, 2.75) is 13.3 Å². The molecule has 0 aromatic heterocycles. The first-order valence-corrected chi connectivity index (χ1v) is 8.34. The molecule has 104 valence electrons. The summed E-state index contributed by atoms with van der Waals surface area (Å²) in [5.74, 6) is -0.464. The maximum Gasteiger partial charge on any atom is 0.227 e. The molecule has 0 radical (unpaired) electrons. The number of hydrogen-bond acceptors (Lipinski definition) is 3. The van der Waals surface area contributed by atoms with Gasteiger partial charge in [-0.05, 0) is 40.5 Å². The second-order valence-corrected chi connectivity index (χ2v) is 7.37. The number of halogens is 1. The maximum absolute atomic E-state index is 12.0. The second-order valence-electron chi connectivity index (χ2n) is 4.86. The van der Waals surface area contributed by atoms with Crippen molar-refractivity contribution in [2.75, 3.05) is 17.2 Å². The molecule has 0 aliphatic carbocycles. The highest BCUT2D eigenvalue weighted by molar-refractivity contribution is 9.10. The van der Waals surface area contributed by atoms with E-state index in [4.69, 9.17) is 5.14 Å². The number of carbonyl (C=O) groups excluding carboxylic acids is 1. The van der Waals surface area contributed by atoms with Crippen LogP contribution in [0.25, 0.3) is 0 Å². The quantitative estimate of drug-likeness (QED) is 0.898. The predicted molar refractivity (Wildman–Crippen MR) is 77.3 cm³/mol. The standard InChI is InChI=1S/C12H15BrN2O3S/c1-8-2-3-10(13)11(4-8)15-6-9(5-12(15)16)7-19(14,17)18/h2-4,9H,5-7H2,1H3,(H2,14,17,18). The molecule has 1 aliphatic rings. The Balaban J connectivity index is 2.23. The number of hydrogen-bond donors (Lipinski definition) is 1. The van der Waals surface area contributed by atoms with E-state index in [0.717, 1.165) is 15.7 Å². The fourth-order valence-electron chi connectivity index (χ4n) is 2.28. The summed E-state index contributed by atoms with van der Waals surface area (Å²) in [5.41, 5.74) is 1.82. The topological polar surface area (TPSA) is 80.5 Å². The van der Waals surface area contributed by atoms with Crippen molar-refractivity contribution in [1.29, 1.82) is 0 Å². The minimum atomic E-state index is -3.55. The Bertz CT molecular complexity index is 615. The van der Waals surface area contributed by atoms with E-state index in [0.29, 0.717) is 6.54 Å². The Labute approximate surface area is 121 Å². The summed E-state index contributed by atoms with van der Waals surface area (Å²) in [6, 6.07) is 5.72. The first-order valence-electron chi connectivity index (χ1n) is 5.83. The first kappa shape index (κ1) is 14.5. The Morgan fingerprint density at radius 3 is 2.79 bits per heavy atom. The van der Waals surface area contributed by atoms with E-state index in [1.807, 2.05) is 25.1 Å². The van der Waals surface area contributed by atoms with Crippen LogP contribution in [0, 0.1) is 12.8 Å². The Kier molecular flexibility index (Phi) is 3.98. The molecular formula is C12H15BrN2O3S. The third-order valence-corrected chi connectivity index (χ3v) is 4.67. The monoisotopic (exact) mass is 346 g/mol. The fraction of sp³-hybridized carbons (Fsp3) is 0.417. The number of amides is 1. The number of nitrogens with zero attached hydrogens (tertiary/aromatic N) is 1. The van der Waals surface area contributed by atoms with Crippen LogP contribution in [0.2, 0.25) is 0 Å². The normalized spacial score (nSPS) is 20.1. The van der Waals surface area contributed by atoms with Crippen LogP contribution in [0.15, 0.2) is 22.7 Å². The summed E-state index contributed by atoms with van der Waals surface area (Å²) >= 11 is 3.41. The molecule has 0 spiro atoms. The summed E-state index contributed by atoms with van der Waals surface area (Å²) in [6.07, 6.45) is 0.219. The van der Waals surface area contributed by atoms with Crippen LogP contribution in [0.3, 0.4) is 0 Å². The molecular weight excluding hydrogens is 332 g/mol. The number of anilines is 1. The van der Waals surface area contributed by atoms with E-state index >= 15 is 0 Å². The summed E-state index contributed by atoms with van der Waals surface area (Å²) in [5, 5.41) is 5.03. The molecule has 1 saturated heterocycles. The highest BCUT2D eigenvalue weighted by Crippen LogP contribution is 2.32. The summed E-state index contributed by atoms with van der Waals surface area (Å²) in [6.45, 7) is 2.33. The van der Waals surface area contributed by atoms with Crippen molar-refractivity contribution in [3.63, 3.8) is 0 Å². The molecule has 1 unspecified atom stereocenters. The van der Waals surface area contributed by atoms with Gasteiger partial charge in [-0.2, -0.15) is 0 Å². The van der Waals surface area contributed by atoms with Gasteiger partial charge in [0.15, 0.2) is 0 Å². The zero-order chi connectivity index (χ0) is 14.2. The average Bonchev–Trinajstić information content (AvgIpc) is 2.60. The van der Waals surface area contributed by atoms with Gasteiger partial charge in [-0.3, -0.25) is 4.79 Å². The molecule has 1 amide bonds. The largest absolute Gasteiger partial charge is 0.311 e. The van der Waals surface area contributed by atoms with Gasteiger partial charge in [-0.25, -0.2) is 13.6 Å². The van der Waals surface area contributed by atoms with Crippen molar-refractivity contribution >= 4 is 37.5 Å². The zero-order valence-electron chi connectivity index (χ0n) is 10.5. The van der Waals surface area contributed by atoms with Crippen molar-refractivity contribution in [2.24, 2.45) is 11.1 Å². The molecule has 7 heteroatoms. The van der Waals surface area contributed by atoms with Crippen LogP contribution >= 0.6 is 15.9 Å². The minimum Gasteiger partial charge on any atom is -0.311 e. The molecule has 5 nitrogen and oxygen atoms in total. The lowest BCUT2D eigenvalue weighted by molar-refractivity contribution is -0.117. The van der Waals surface area contributed by atoms with E-state index in [-0.39, 0.29) is 24.0 Å². The number of nitrogens with two attached hydrogens (primary N) is 1. The van der Waals surface area contributed by atoms with Crippen LogP contribution < -0.4 is 10.0 Å². The summed E-state index contributed by atoms with van der Waals surface area (Å²) < 4.78 is 23.0. The van der Waals surface area contributed by atoms with E-state index < -0.39 is 10.0 Å². The molecule has 0 saturated carbocycles. The van der Waals surface area contributed by atoms with E-state index in [1.165, 1.54) is 0 Å². The molecule has 2 N–H and O–H groups in total. The Morgan fingerprint density at radius 2 is 2.16 bits per heavy atom. The molecule has 0 bridgehead atoms. The van der Waals surface area contributed by atoms with Gasteiger partial charge in [0.1, 0.15) is 0 Å². The molecule has 1 aromatic carbocycles. The SMILES string of the molecule is Cc1ccc(Br)c(N2CC(CS(N)(=O)=O)CC2=O)c1. The Morgan fingerprint density at radius 1 is 1.47 bits per heavy atom. The highest BCUT2D eigenvalue weighted by Gasteiger charge is 2.33. The average molecular weight is 347 g/mol. The van der Waals surface area contributed by atoms with Gasteiger partial charge in [0, 0.05) is 23.4 Å². The van der Waals surface area contributed by atoms with Crippen LogP contribution in [-0.4, -0.2) is 26.6 Å². The van der Waals surface area contributed by atoms with Gasteiger partial charge in [-0.15, -0.1) is 0 Å². The van der Waals surface area contributed by atoms with Crippen LogP contribution in [0.5, 0.6) is 0 Å². The van der Waals surface area contributed by atoms with Gasteiger partial charge in [0.2, 0.25) is 15.9 Å². The summed E-state index contributed by atoms with van der Waals surface area (Å²) in [7, 11) is -3.55. The fourth-order valence-corrected chi connectivity index (χ4v) is 3.63. The number of rotatable bonds is 3. The maximum atomic E-state index is 12.0. The van der Waals surface area contributed by atoms with Gasteiger partial charge < -0.3 is 4.90 Å². The number of carbonyl (C=O) groups is 1. The number of sulfonamides is 1.